The van der Waals surface area contributed by atoms with Crippen molar-refractivity contribution in [2.75, 3.05) is 24.7 Å². The van der Waals surface area contributed by atoms with Crippen LogP contribution >= 0.6 is 11.8 Å². The fourth-order valence-electron chi connectivity index (χ4n) is 1.19. The van der Waals surface area contributed by atoms with E-state index in [1.54, 1.807) is 11.8 Å². The third kappa shape index (κ3) is 5.78. The van der Waals surface area contributed by atoms with Crippen LogP contribution in [0.3, 0.4) is 0 Å². The number of benzene rings is 1. The third-order valence-electron chi connectivity index (χ3n) is 1.92. The van der Waals surface area contributed by atoms with Crippen LogP contribution in [0.5, 0.6) is 0 Å². The number of aliphatic hydroxyl groups excluding tert-OH is 1. The molecule has 16 heavy (non-hydrogen) atoms. The molecule has 0 aliphatic heterocycles. The van der Waals surface area contributed by atoms with Crippen LogP contribution in [-0.2, 0) is 16.0 Å². The minimum absolute atomic E-state index is 0.169. The largest absolute Gasteiger partial charge is 0.465 e. The molecule has 3 nitrogen and oxygen atoms in total. The second-order valence-electron chi connectivity index (χ2n) is 3.22. The molecule has 1 aromatic carbocycles. The number of rotatable bonds is 7. The van der Waals surface area contributed by atoms with E-state index in [1.165, 1.54) is 0 Å². The summed E-state index contributed by atoms with van der Waals surface area (Å²) >= 11 is 1.57. The van der Waals surface area contributed by atoms with Crippen molar-refractivity contribution in [3.63, 3.8) is 0 Å². The molecule has 0 radical (unpaired) electrons. The summed E-state index contributed by atoms with van der Waals surface area (Å²) in [6, 6.07) is 9.53. The van der Waals surface area contributed by atoms with Crippen LogP contribution in [0.4, 0.5) is 0 Å². The van der Waals surface area contributed by atoms with Crippen molar-refractivity contribution in [2.45, 2.75) is 6.42 Å². The molecule has 0 saturated carbocycles. The Bertz CT molecular complexity index is 300. The lowest BCUT2D eigenvalue weighted by atomic mass is 10.2. The number of hydrogen-bond donors (Lipinski definition) is 1. The maximum absolute atomic E-state index is 11.4. The van der Waals surface area contributed by atoms with Gasteiger partial charge in [0.25, 0.3) is 0 Å². The van der Waals surface area contributed by atoms with Crippen LogP contribution in [0.25, 0.3) is 0 Å². The van der Waals surface area contributed by atoms with Crippen molar-refractivity contribution in [2.24, 2.45) is 0 Å². The van der Waals surface area contributed by atoms with E-state index in [1.807, 2.05) is 30.3 Å². The Kier molecular flexibility index (Phi) is 6.69. The van der Waals surface area contributed by atoms with E-state index in [-0.39, 0.29) is 12.6 Å². The van der Waals surface area contributed by atoms with Crippen LogP contribution in [0.2, 0.25) is 0 Å². The van der Waals surface area contributed by atoms with Gasteiger partial charge in [0.2, 0.25) is 0 Å². The first-order valence-corrected chi connectivity index (χ1v) is 6.36. The van der Waals surface area contributed by atoms with Gasteiger partial charge in [0.05, 0.1) is 13.0 Å². The van der Waals surface area contributed by atoms with Gasteiger partial charge in [0.15, 0.2) is 0 Å². The summed E-state index contributed by atoms with van der Waals surface area (Å²) in [4.78, 5) is 11.4. The van der Waals surface area contributed by atoms with Crippen molar-refractivity contribution in [1.29, 1.82) is 0 Å². The van der Waals surface area contributed by atoms with Crippen LogP contribution in [0.1, 0.15) is 5.56 Å². The number of aliphatic hydroxyl groups is 1. The molecule has 0 saturated heterocycles. The molecule has 1 aromatic rings. The van der Waals surface area contributed by atoms with Gasteiger partial charge in [-0.15, -0.1) is 0 Å². The number of carbonyl (C=O) groups is 1. The van der Waals surface area contributed by atoms with Gasteiger partial charge >= 0.3 is 5.97 Å². The summed E-state index contributed by atoms with van der Waals surface area (Å²) in [5.41, 5.74) is 0.968. The van der Waals surface area contributed by atoms with Crippen molar-refractivity contribution in [3.05, 3.63) is 35.9 Å². The first-order chi connectivity index (χ1) is 7.83. The Hall–Kier alpha value is -1.00. The molecule has 0 aromatic heterocycles. The predicted octanol–water partition coefficient (Wildman–Crippen LogP) is 1.50. The Balaban J connectivity index is 2.12. The SMILES string of the molecule is O=C(Cc1ccccc1)OCCSCCO. The normalized spacial score (nSPS) is 10.1. The molecule has 0 aliphatic rings. The highest BCUT2D eigenvalue weighted by Crippen LogP contribution is 2.02. The fourth-order valence-corrected chi connectivity index (χ4v) is 1.73. The van der Waals surface area contributed by atoms with Crippen molar-refractivity contribution in [3.8, 4) is 0 Å². The van der Waals surface area contributed by atoms with Crippen molar-refractivity contribution < 1.29 is 14.6 Å². The van der Waals surface area contributed by atoms with Gasteiger partial charge in [-0.3, -0.25) is 4.79 Å². The minimum atomic E-state index is -0.198. The monoisotopic (exact) mass is 240 g/mol. The molecule has 0 heterocycles. The van der Waals surface area contributed by atoms with Gasteiger partial charge in [0, 0.05) is 11.5 Å². The zero-order valence-electron chi connectivity index (χ0n) is 9.09. The molecule has 0 aliphatic carbocycles. The maximum atomic E-state index is 11.4. The van der Waals surface area contributed by atoms with Gasteiger partial charge < -0.3 is 9.84 Å². The highest BCUT2D eigenvalue weighted by Gasteiger charge is 2.03. The van der Waals surface area contributed by atoms with E-state index in [2.05, 4.69) is 0 Å². The summed E-state index contributed by atoms with van der Waals surface area (Å²) in [5.74, 6) is 1.23. The molecule has 0 amide bonds. The highest BCUT2D eigenvalue weighted by molar-refractivity contribution is 7.99. The molecule has 0 unspecified atom stereocenters. The van der Waals surface area contributed by atoms with E-state index in [0.717, 1.165) is 11.3 Å². The summed E-state index contributed by atoms with van der Waals surface area (Å²) in [6.07, 6.45) is 0.325. The first kappa shape index (κ1) is 13.1. The summed E-state index contributed by atoms with van der Waals surface area (Å²) in [7, 11) is 0. The second kappa shape index (κ2) is 8.19. The molecule has 0 atom stereocenters. The molecule has 0 fully saturated rings. The molecule has 1 rings (SSSR count). The lowest BCUT2D eigenvalue weighted by molar-refractivity contribution is -0.142. The smallest absolute Gasteiger partial charge is 0.310 e. The Morgan fingerprint density at radius 1 is 1.25 bits per heavy atom. The number of esters is 1. The van der Waals surface area contributed by atoms with E-state index in [4.69, 9.17) is 9.84 Å². The number of thioether (sulfide) groups is 1. The third-order valence-corrected chi connectivity index (χ3v) is 2.84. The Morgan fingerprint density at radius 3 is 2.69 bits per heavy atom. The standard InChI is InChI=1S/C12H16O3S/c13-6-8-16-9-7-15-12(14)10-11-4-2-1-3-5-11/h1-5,13H,6-10H2. The van der Waals surface area contributed by atoms with Crippen molar-refractivity contribution >= 4 is 17.7 Å². The number of ether oxygens (including phenoxy) is 1. The number of carbonyl (C=O) groups excluding carboxylic acids is 1. The summed E-state index contributed by atoms with van der Waals surface area (Å²) in [5, 5.41) is 8.54. The summed E-state index contributed by atoms with van der Waals surface area (Å²) in [6.45, 7) is 0.582. The maximum Gasteiger partial charge on any atom is 0.310 e. The van der Waals surface area contributed by atoms with E-state index in [9.17, 15) is 4.79 Å². The Morgan fingerprint density at radius 2 is 2.00 bits per heavy atom. The predicted molar refractivity (Wildman–Crippen MR) is 65.5 cm³/mol. The Labute approximate surface area is 99.8 Å². The van der Waals surface area contributed by atoms with Crippen molar-refractivity contribution in [1.82, 2.24) is 0 Å². The average Bonchev–Trinajstić information content (AvgIpc) is 2.30. The fraction of sp³-hybridized carbons (Fsp3) is 0.417. The summed E-state index contributed by atoms with van der Waals surface area (Å²) < 4.78 is 5.05. The molecular formula is C12H16O3S. The lowest BCUT2D eigenvalue weighted by Crippen LogP contribution is -2.10. The topological polar surface area (TPSA) is 46.5 Å². The van der Waals surface area contributed by atoms with Gasteiger partial charge in [-0.25, -0.2) is 0 Å². The van der Waals surface area contributed by atoms with E-state index < -0.39 is 0 Å². The number of hydrogen-bond acceptors (Lipinski definition) is 4. The first-order valence-electron chi connectivity index (χ1n) is 5.21. The van der Waals surface area contributed by atoms with E-state index >= 15 is 0 Å². The van der Waals surface area contributed by atoms with Gasteiger partial charge in [-0.1, -0.05) is 30.3 Å². The molecule has 0 spiro atoms. The van der Waals surface area contributed by atoms with Gasteiger partial charge in [-0.05, 0) is 5.56 Å². The zero-order chi connectivity index (χ0) is 11.6. The second-order valence-corrected chi connectivity index (χ2v) is 4.44. The van der Waals surface area contributed by atoms with Crippen LogP contribution in [-0.4, -0.2) is 35.8 Å². The lowest BCUT2D eigenvalue weighted by Gasteiger charge is -2.04. The molecule has 88 valence electrons. The average molecular weight is 240 g/mol. The van der Waals surface area contributed by atoms with Crippen LogP contribution < -0.4 is 0 Å². The molecular weight excluding hydrogens is 224 g/mol. The van der Waals surface area contributed by atoms with Crippen LogP contribution in [0.15, 0.2) is 30.3 Å². The molecule has 1 N–H and O–H groups in total. The molecule has 4 heteroatoms. The minimum Gasteiger partial charge on any atom is -0.465 e. The molecule has 0 bridgehead atoms. The van der Waals surface area contributed by atoms with Gasteiger partial charge in [0.1, 0.15) is 6.61 Å². The highest BCUT2D eigenvalue weighted by atomic mass is 32.2. The van der Waals surface area contributed by atoms with Gasteiger partial charge in [-0.2, -0.15) is 11.8 Å². The zero-order valence-corrected chi connectivity index (χ0v) is 9.91. The quantitative estimate of drug-likeness (QED) is 0.579. The van der Waals surface area contributed by atoms with E-state index in [0.29, 0.717) is 18.8 Å². The van der Waals surface area contributed by atoms with Crippen LogP contribution in [0, 0.1) is 0 Å².